The van der Waals surface area contributed by atoms with E-state index in [2.05, 4.69) is 25.3 Å². The molecule has 0 aliphatic heterocycles. The van der Waals surface area contributed by atoms with Gasteiger partial charge < -0.3 is 9.72 Å². The van der Waals surface area contributed by atoms with Crippen LogP contribution in [0.2, 0.25) is 0 Å². The Kier molecular flexibility index (Phi) is 6.07. The molecule has 0 saturated heterocycles. The Labute approximate surface area is 205 Å². The van der Waals surface area contributed by atoms with Crippen LogP contribution in [0, 0.1) is 6.92 Å². The van der Waals surface area contributed by atoms with Gasteiger partial charge in [0.2, 0.25) is 0 Å². The molecule has 2 aromatic carbocycles. The van der Waals surface area contributed by atoms with Crippen molar-refractivity contribution >= 4 is 39.4 Å². The van der Waals surface area contributed by atoms with Crippen LogP contribution in [0.15, 0.2) is 72.4 Å². The van der Waals surface area contributed by atoms with Gasteiger partial charge in [-0.2, -0.15) is 0 Å². The number of pyridine rings is 1. The lowest BCUT2D eigenvalue weighted by Crippen LogP contribution is -2.29. The van der Waals surface area contributed by atoms with E-state index < -0.39 is 18.0 Å². The third-order valence-electron chi connectivity index (χ3n) is 5.39. The number of benzene rings is 2. The molecular formula is C26H21N5O3S. The fraction of sp³-hybridized carbons (Fsp3) is 0.115. The van der Waals surface area contributed by atoms with Crippen molar-refractivity contribution in [1.82, 2.24) is 19.9 Å². The number of hydrogen-bond acceptors (Lipinski definition) is 7. The molecule has 3 aromatic heterocycles. The number of fused-ring (bicyclic) bond motifs is 1. The minimum absolute atomic E-state index is 0.314. The Bertz CT molecular complexity index is 1510. The van der Waals surface area contributed by atoms with E-state index in [1.807, 2.05) is 48.7 Å². The first-order valence-corrected chi connectivity index (χ1v) is 11.8. The number of H-pyrrole nitrogens is 1. The maximum atomic E-state index is 12.7. The lowest BCUT2D eigenvalue weighted by Gasteiger charge is -2.12. The van der Waals surface area contributed by atoms with Gasteiger partial charge in [-0.15, -0.1) is 11.3 Å². The molecule has 2 N–H and O–H groups in total. The molecule has 174 valence electrons. The number of nitrogens with zero attached hydrogens (tertiary/aromatic N) is 3. The second kappa shape index (κ2) is 9.47. The van der Waals surface area contributed by atoms with Gasteiger partial charge in [0.25, 0.3) is 5.91 Å². The minimum atomic E-state index is -1.00. The van der Waals surface area contributed by atoms with E-state index in [-0.39, 0.29) is 0 Å². The van der Waals surface area contributed by atoms with Crippen molar-refractivity contribution in [3.05, 3.63) is 83.5 Å². The molecule has 0 aliphatic rings. The van der Waals surface area contributed by atoms with Crippen molar-refractivity contribution in [3.8, 4) is 22.6 Å². The van der Waals surface area contributed by atoms with E-state index in [0.717, 1.165) is 22.4 Å². The first kappa shape index (κ1) is 22.4. The number of nitrogens with one attached hydrogen (secondary N) is 2. The third kappa shape index (κ3) is 4.95. The Morgan fingerprint density at radius 1 is 1.06 bits per heavy atom. The topological polar surface area (TPSA) is 110 Å². The number of imidazole rings is 1. The Morgan fingerprint density at radius 2 is 1.89 bits per heavy atom. The normalized spacial score (nSPS) is 11.8. The number of anilines is 1. The van der Waals surface area contributed by atoms with Gasteiger partial charge >= 0.3 is 5.97 Å². The smallest absolute Gasteiger partial charge is 0.338 e. The lowest BCUT2D eigenvalue weighted by molar-refractivity contribution is -0.123. The van der Waals surface area contributed by atoms with Crippen LogP contribution >= 0.6 is 11.3 Å². The second-order valence-electron chi connectivity index (χ2n) is 8.00. The summed E-state index contributed by atoms with van der Waals surface area (Å²) in [7, 11) is 0. The summed E-state index contributed by atoms with van der Waals surface area (Å²) in [5.41, 5.74) is 5.44. The average Bonchev–Trinajstić information content (AvgIpc) is 3.51. The number of aromatic nitrogens is 4. The number of ether oxygens (including phenoxy) is 1. The van der Waals surface area contributed by atoms with E-state index in [4.69, 9.17) is 4.74 Å². The number of esters is 1. The van der Waals surface area contributed by atoms with E-state index >= 15 is 0 Å². The zero-order chi connectivity index (χ0) is 24.4. The number of thiazole rings is 1. The highest BCUT2D eigenvalue weighted by Gasteiger charge is 2.21. The fourth-order valence-corrected chi connectivity index (χ4v) is 4.18. The highest BCUT2D eigenvalue weighted by atomic mass is 32.1. The largest absolute Gasteiger partial charge is 0.449 e. The number of rotatable bonds is 6. The molecular weight excluding hydrogens is 462 g/mol. The average molecular weight is 484 g/mol. The van der Waals surface area contributed by atoms with Crippen LogP contribution in [0.25, 0.3) is 33.7 Å². The summed E-state index contributed by atoms with van der Waals surface area (Å²) >= 11 is 1.31. The summed E-state index contributed by atoms with van der Waals surface area (Å²) in [5, 5.41) is 5.03. The first-order valence-electron chi connectivity index (χ1n) is 10.9. The summed E-state index contributed by atoms with van der Waals surface area (Å²) in [6.45, 7) is 3.54. The van der Waals surface area contributed by atoms with Crippen LogP contribution < -0.4 is 5.32 Å². The molecule has 1 amide bonds. The van der Waals surface area contributed by atoms with E-state index in [0.29, 0.717) is 27.6 Å². The predicted molar refractivity (Wildman–Crippen MR) is 135 cm³/mol. The Hall–Kier alpha value is -4.37. The molecule has 0 fully saturated rings. The lowest BCUT2D eigenvalue weighted by atomic mass is 10.1. The fourth-order valence-electron chi connectivity index (χ4n) is 3.45. The molecule has 9 heteroatoms. The quantitative estimate of drug-likeness (QED) is 0.320. The van der Waals surface area contributed by atoms with Gasteiger partial charge in [0.1, 0.15) is 5.82 Å². The zero-order valence-corrected chi connectivity index (χ0v) is 19.8. The molecule has 35 heavy (non-hydrogen) atoms. The minimum Gasteiger partial charge on any atom is -0.449 e. The number of aryl methyl sites for hydroxylation is 1. The molecule has 5 aromatic rings. The van der Waals surface area contributed by atoms with Gasteiger partial charge in [-0.05, 0) is 44.2 Å². The van der Waals surface area contributed by atoms with Crippen molar-refractivity contribution < 1.29 is 14.3 Å². The highest BCUT2D eigenvalue weighted by molar-refractivity contribution is 7.14. The van der Waals surface area contributed by atoms with Gasteiger partial charge in [0.05, 0.1) is 22.3 Å². The standard InChI is InChI=1S/C26H21N5O3S/c1-15-5-7-17(8-6-15)22-14-35-26(30-22)31-24(32)16(2)34-25(33)18-9-10-20-21(12-18)29-23(28-20)19-4-3-11-27-13-19/h3-14,16H,1-2H3,(H,28,29)(H,30,31,32). The maximum Gasteiger partial charge on any atom is 0.338 e. The number of aromatic amines is 1. The van der Waals surface area contributed by atoms with E-state index in [1.54, 1.807) is 30.6 Å². The van der Waals surface area contributed by atoms with Crippen LogP contribution in [0.3, 0.4) is 0 Å². The molecule has 1 unspecified atom stereocenters. The molecule has 0 bridgehead atoms. The first-order chi connectivity index (χ1) is 17.0. The zero-order valence-electron chi connectivity index (χ0n) is 19.0. The van der Waals surface area contributed by atoms with E-state index in [1.165, 1.54) is 18.3 Å². The predicted octanol–water partition coefficient (Wildman–Crippen LogP) is 5.24. The summed E-state index contributed by atoms with van der Waals surface area (Å²) in [5.74, 6) is -0.406. The Balaban J connectivity index is 1.24. The molecule has 8 nitrogen and oxygen atoms in total. The van der Waals surface area contributed by atoms with Crippen molar-refractivity contribution in [2.45, 2.75) is 20.0 Å². The molecule has 5 rings (SSSR count). The number of hydrogen-bond donors (Lipinski definition) is 2. The summed E-state index contributed by atoms with van der Waals surface area (Å²) in [4.78, 5) is 41.6. The van der Waals surface area contributed by atoms with E-state index in [9.17, 15) is 9.59 Å². The van der Waals surface area contributed by atoms with Gasteiger partial charge in [0, 0.05) is 28.9 Å². The SMILES string of the molecule is Cc1ccc(-c2csc(NC(=O)C(C)OC(=O)c3ccc4nc(-c5cccnc5)[nH]c4c3)n2)cc1. The van der Waals surface area contributed by atoms with Crippen LogP contribution in [-0.2, 0) is 9.53 Å². The molecule has 1 atom stereocenters. The van der Waals surface area contributed by atoms with Crippen LogP contribution in [0.1, 0.15) is 22.8 Å². The molecule has 0 aliphatic carbocycles. The summed E-state index contributed by atoms with van der Waals surface area (Å²) < 4.78 is 5.40. The molecule has 0 radical (unpaired) electrons. The summed E-state index contributed by atoms with van der Waals surface area (Å²) in [6, 6.07) is 16.7. The molecule has 3 heterocycles. The van der Waals surface area contributed by atoms with Crippen molar-refractivity contribution in [2.75, 3.05) is 5.32 Å². The maximum absolute atomic E-state index is 12.7. The number of amides is 1. The van der Waals surface area contributed by atoms with Gasteiger partial charge in [-0.1, -0.05) is 29.8 Å². The highest BCUT2D eigenvalue weighted by Crippen LogP contribution is 2.25. The number of carbonyl (C=O) groups excluding carboxylic acids is 2. The Morgan fingerprint density at radius 3 is 2.66 bits per heavy atom. The van der Waals surface area contributed by atoms with Gasteiger partial charge in [-0.25, -0.2) is 14.8 Å². The van der Waals surface area contributed by atoms with Crippen molar-refractivity contribution in [2.24, 2.45) is 0 Å². The monoisotopic (exact) mass is 483 g/mol. The van der Waals surface area contributed by atoms with Crippen molar-refractivity contribution in [3.63, 3.8) is 0 Å². The van der Waals surface area contributed by atoms with Gasteiger partial charge in [-0.3, -0.25) is 15.1 Å². The second-order valence-corrected chi connectivity index (χ2v) is 8.86. The van der Waals surface area contributed by atoms with Gasteiger partial charge in [0.15, 0.2) is 11.2 Å². The molecule has 0 saturated carbocycles. The number of carbonyl (C=O) groups is 2. The molecule has 0 spiro atoms. The van der Waals surface area contributed by atoms with Crippen molar-refractivity contribution in [1.29, 1.82) is 0 Å². The van der Waals surface area contributed by atoms with Crippen LogP contribution in [-0.4, -0.2) is 37.9 Å². The summed E-state index contributed by atoms with van der Waals surface area (Å²) in [6.07, 6.45) is 2.40. The van der Waals surface area contributed by atoms with Crippen LogP contribution in [0.5, 0.6) is 0 Å². The van der Waals surface area contributed by atoms with Crippen LogP contribution in [0.4, 0.5) is 5.13 Å². The third-order valence-corrected chi connectivity index (χ3v) is 6.14.